The maximum atomic E-state index is 4.42. The average Bonchev–Trinajstić information content (AvgIpc) is 2.73. The summed E-state index contributed by atoms with van der Waals surface area (Å²) in [7, 11) is 2.00. The van der Waals surface area contributed by atoms with E-state index in [4.69, 9.17) is 0 Å². The Balaban J connectivity index is 2.13. The Morgan fingerprint density at radius 3 is 3.00 bits per heavy atom. The van der Waals surface area contributed by atoms with E-state index in [1.54, 1.807) is 0 Å². The van der Waals surface area contributed by atoms with Gasteiger partial charge < -0.3 is 9.88 Å². The number of aromatic nitrogens is 2. The van der Waals surface area contributed by atoms with E-state index in [1.807, 2.05) is 19.4 Å². The summed E-state index contributed by atoms with van der Waals surface area (Å²) >= 11 is 0. The Labute approximate surface area is 96.5 Å². The highest BCUT2D eigenvalue weighted by atomic mass is 15.1. The van der Waals surface area contributed by atoms with Gasteiger partial charge in [0.05, 0.1) is 17.4 Å². The van der Waals surface area contributed by atoms with Crippen molar-refractivity contribution in [1.82, 2.24) is 14.9 Å². The van der Waals surface area contributed by atoms with Gasteiger partial charge in [-0.05, 0) is 45.5 Å². The zero-order chi connectivity index (χ0) is 11.4. The van der Waals surface area contributed by atoms with E-state index < -0.39 is 0 Å². The molecule has 0 spiro atoms. The van der Waals surface area contributed by atoms with E-state index in [2.05, 4.69) is 40.0 Å². The van der Waals surface area contributed by atoms with Crippen LogP contribution in [0.4, 0.5) is 0 Å². The predicted molar refractivity (Wildman–Crippen MR) is 67.6 cm³/mol. The molecular formula is C13H19N3. The predicted octanol–water partition coefficient (Wildman–Crippen LogP) is 2.60. The molecule has 3 nitrogen and oxygen atoms in total. The van der Waals surface area contributed by atoms with Crippen LogP contribution >= 0.6 is 0 Å². The second kappa shape index (κ2) is 5.12. The number of rotatable bonds is 5. The van der Waals surface area contributed by atoms with Crippen LogP contribution in [-0.2, 0) is 0 Å². The smallest absolute Gasteiger partial charge is 0.0960 e. The highest BCUT2D eigenvalue weighted by Gasteiger charge is 2.07. The number of hydrogen-bond acceptors (Lipinski definition) is 2. The van der Waals surface area contributed by atoms with E-state index >= 15 is 0 Å². The van der Waals surface area contributed by atoms with Gasteiger partial charge in [0.1, 0.15) is 0 Å². The maximum absolute atomic E-state index is 4.42. The van der Waals surface area contributed by atoms with Crippen LogP contribution in [0.2, 0.25) is 0 Å². The molecule has 0 aliphatic carbocycles. The zero-order valence-electron chi connectivity index (χ0n) is 9.98. The molecule has 0 amide bonds. The van der Waals surface area contributed by atoms with Gasteiger partial charge in [0, 0.05) is 6.04 Å². The van der Waals surface area contributed by atoms with Crippen LogP contribution in [-0.4, -0.2) is 23.1 Å². The van der Waals surface area contributed by atoms with Crippen LogP contribution in [0.5, 0.6) is 0 Å². The molecule has 16 heavy (non-hydrogen) atoms. The fourth-order valence-electron chi connectivity index (χ4n) is 2.04. The normalized spacial score (nSPS) is 13.1. The van der Waals surface area contributed by atoms with Crippen LogP contribution < -0.4 is 5.32 Å². The van der Waals surface area contributed by atoms with Gasteiger partial charge in [0.25, 0.3) is 0 Å². The first kappa shape index (κ1) is 11.1. The third-order valence-electron chi connectivity index (χ3n) is 3.00. The van der Waals surface area contributed by atoms with Crippen molar-refractivity contribution in [1.29, 1.82) is 0 Å². The van der Waals surface area contributed by atoms with Crippen molar-refractivity contribution in [3.05, 3.63) is 30.6 Å². The molecule has 2 rings (SSSR count). The summed E-state index contributed by atoms with van der Waals surface area (Å²) in [6.07, 6.45) is 4.33. The van der Waals surface area contributed by atoms with Gasteiger partial charge in [0.15, 0.2) is 0 Å². The minimum Gasteiger partial charge on any atom is -0.328 e. The standard InChI is InChI=1S/C13H19N3/c1-11(6-5-9-14-2)16-10-15-12-7-3-4-8-13(12)16/h3-4,7-8,10-11,14H,5-6,9H2,1-2H3. The Morgan fingerprint density at radius 1 is 1.38 bits per heavy atom. The molecule has 86 valence electrons. The topological polar surface area (TPSA) is 29.9 Å². The largest absolute Gasteiger partial charge is 0.328 e. The van der Waals surface area contributed by atoms with Gasteiger partial charge >= 0.3 is 0 Å². The van der Waals surface area contributed by atoms with Crippen molar-refractivity contribution in [3.8, 4) is 0 Å². The molecule has 1 heterocycles. The third kappa shape index (κ3) is 2.25. The lowest BCUT2D eigenvalue weighted by atomic mass is 10.1. The zero-order valence-corrected chi connectivity index (χ0v) is 9.98. The molecule has 1 N–H and O–H groups in total. The van der Waals surface area contributed by atoms with E-state index in [0.717, 1.165) is 12.1 Å². The van der Waals surface area contributed by atoms with Crippen LogP contribution in [0.1, 0.15) is 25.8 Å². The first-order valence-electron chi connectivity index (χ1n) is 5.89. The molecule has 1 atom stereocenters. The maximum Gasteiger partial charge on any atom is 0.0960 e. The van der Waals surface area contributed by atoms with Crippen molar-refractivity contribution >= 4 is 11.0 Å². The lowest BCUT2D eigenvalue weighted by Gasteiger charge is -2.14. The fourth-order valence-corrected chi connectivity index (χ4v) is 2.04. The van der Waals surface area contributed by atoms with Crippen molar-refractivity contribution in [2.45, 2.75) is 25.8 Å². The van der Waals surface area contributed by atoms with Gasteiger partial charge in [0.2, 0.25) is 0 Å². The molecule has 0 saturated heterocycles. The fraction of sp³-hybridized carbons (Fsp3) is 0.462. The monoisotopic (exact) mass is 217 g/mol. The van der Waals surface area contributed by atoms with Gasteiger partial charge in [-0.2, -0.15) is 0 Å². The molecule has 0 bridgehead atoms. The summed E-state index contributed by atoms with van der Waals surface area (Å²) in [5, 5.41) is 3.18. The molecule has 0 saturated carbocycles. The van der Waals surface area contributed by atoms with Crippen LogP contribution in [0.3, 0.4) is 0 Å². The summed E-state index contributed by atoms with van der Waals surface area (Å²) in [5.74, 6) is 0. The minimum absolute atomic E-state index is 0.515. The third-order valence-corrected chi connectivity index (χ3v) is 3.00. The Bertz CT molecular complexity index is 447. The summed E-state index contributed by atoms with van der Waals surface area (Å²) in [6.45, 7) is 3.33. The highest BCUT2D eigenvalue weighted by molar-refractivity contribution is 5.75. The van der Waals surface area contributed by atoms with E-state index in [0.29, 0.717) is 6.04 Å². The van der Waals surface area contributed by atoms with Crippen molar-refractivity contribution in [2.24, 2.45) is 0 Å². The van der Waals surface area contributed by atoms with E-state index in [9.17, 15) is 0 Å². The molecule has 1 unspecified atom stereocenters. The molecule has 3 heteroatoms. The summed E-state index contributed by atoms with van der Waals surface area (Å²) in [4.78, 5) is 4.42. The number of imidazole rings is 1. The minimum atomic E-state index is 0.515. The lowest BCUT2D eigenvalue weighted by molar-refractivity contribution is 0.493. The van der Waals surface area contributed by atoms with Gasteiger partial charge in [-0.15, -0.1) is 0 Å². The Hall–Kier alpha value is -1.35. The van der Waals surface area contributed by atoms with Gasteiger partial charge in [-0.1, -0.05) is 12.1 Å². The van der Waals surface area contributed by atoms with Crippen LogP contribution in [0.15, 0.2) is 30.6 Å². The van der Waals surface area contributed by atoms with Crippen molar-refractivity contribution in [3.63, 3.8) is 0 Å². The summed E-state index contributed by atoms with van der Waals surface area (Å²) in [5.41, 5.74) is 2.32. The molecule has 0 aliphatic rings. The van der Waals surface area contributed by atoms with Gasteiger partial charge in [-0.25, -0.2) is 4.98 Å². The highest BCUT2D eigenvalue weighted by Crippen LogP contribution is 2.20. The van der Waals surface area contributed by atoms with E-state index in [1.165, 1.54) is 18.4 Å². The first-order chi connectivity index (χ1) is 7.83. The number of hydrogen-bond donors (Lipinski definition) is 1. The number of nitrogens with one attached hydrogen (secondary N) is 1. The first-order valence-corrected chi connectivity index (χ1v) is 5.89. The summed E-state index contributed by atoms with van der Waals surface area (Å²) < 4.78 is 2.27. The quantitative estimate of drug-likeness (QED) is 0.780. The van der Waals surface area contributed by atoms with Crippen LogP contribution in [0, 0.1) is 0 Å². The number of fused-ring (bicyclic) bond motifs is 1. The summed E-state index contributed by atoms with van der Waals surface area (Å²) in [6, 6.07) is 8.82. The Morgan fingerprint density at radius 2 is 2.19 bits per heavy atom. The van der Waals surface area contributed by atoms with Crippen molar-refractivity contribution < 1.29 is 0 Å². The number of nitrogens with zero attached hydrogens (tertiary/aromatic N) is 2. The van der Waals surface area contributed by atoms with Crippen LogP contribution in [0.25, 0.3) is 11.0 Å². The Kier molecular flexibility index (Phi) is 3.57. The van der Waals surface area contributed by atoms with Crippen molar-refractivity contribution in [2.75, 3.05) is 13.6 Å². The molecule has 2 aromatic rings. The van der Waals surface area contributed by atoms with E-state index in [-0.39, 0.29) is 0 Å². The number of para-hydroxylation sites is 2. The molecule has 0 fully saturated rings. The second-order valence-electron chi connectivity index (χ2n) is 4.24. The molecule has 0 aliphatic heterocycles. The number of benzene rings is 1. The molecular weight excluding hydrogens is 198 g/mol. The molecule has 1 aromatic heterocycles. The average molecular weight is 217 g/mol. The molecule has 0 radical (unpaired) electrons. The van der Waals surface area contributed by atoms with Gasteiger partial charge in [-0.3, -0.25) is 0 Å². The SMILES string of the molecule is CNCCCC(C)n1cnc2ccccc21. The molecule has 1 aromatic carbocycles. The second-order valence-corrected chi connectivity index (χ2v) is 4.24. The lowest BCUT2D eigenvalue weighted by Crippen LogP contribution is -2.11.